The third-order valence-corrected chi connectivity index (χ3v) is 2.70. The predicted octanol–water partition coefficient (Wildman–Crippen LogP) is 2.79. The number of unbranched alkanes of at least 4 members (excludes halogenated alkanes) is 1. The molecular weight excluding hydrogens is 248 g/mol. The molecule has 0 aromatic carbocycles. The van der Waals surface area contributed by atoms with Crippen molar-refractivity contribution in [2.45, 2.75) is 46.0 Å². The number of aryl methyl sites for hydroxylation is 1. The Balaban J connectivity index is 2.47. The number of rotatable bonds is 7. The van der Waals surface area contributed by atoms with Gasteiger partial charge in [-0.05, 0) is 25.5 Å². The first-order chi connectivity index (χ1) is 9.04. The van der Waals surface area contributed by atoms with Gasteiger partial charge in [0.25, 0.3) is 0 Å². The molecule has 1 aromatic heterocycles. The first-order valence-electron chi connectivity index (χ1n) is 6.43. The van der Waals surface area contributed by atoms with Crippen LogP contribution in [0.15, 0.2) is 16.5 Å². The second-order valence-electron chi connectivity index (χ2n) is 4.35. The van der Waals surface area contributed by atoms with Crippen molar-refractivity contribution in [1.29, 1.82) is 0 Å². The Morgan fingerprint density at radius 3 is 2.68 bits per heavy atom. The van der Waals surface area contributed by atoms with Crippen LogP contribution in [-0.2, 0) is 25.5 Å². The van der Waals surface area contributed by atoms with E-state index in [1.54, 1.807) is 13.0 Å². The molecule has 0 N–H and O–H groups in total. The molecule has 0 bridgehead atoms. The van der Waals surface area contributed by atoms with Gasteiger partial charge >= 0.3 is 11.9 Å². The fourth-order valence-corrected chi connectivity index (χ4v) is 1.52. The molecule has 1 atom stereocenters. The number of ether oxygens (including phenoxy) is 2. The van der Waals surface area contributed by atoms with Crippen molar-refractivity contribution in [2.24, 2.45) is 0 Å². The highest BCUT2D eigenvalue weighted by Crippen LogP contribution is 2.20. The molecule has 19 heavy (non-hydrogen) atoms. The summed E-state index contributed by atoms with van der Waals surface area (Å²) >= 11 is 0. The minimum atomic E-state index is -0.508. The van der Waals surface area contributed by atoms with E-state index >= 15 is 0 Å². The lowest BCUT2D eigenvalue weighted by molar-refractivity contribution is -0.166. The molecule has 5 heteroatoms. The van der Waals surface area contributed by atoms with Crippen LogP contribution in [0.25, 0.3) is 0 Å². The molecule has 0 aliphatic heterocycles. The van der Waals surface area contributed by atoms with E-state index in [9.17, 15) is 9.59 Å². The zero-order chi connectivity index (χ0) is 14.3. The van der Waals surface area contributed by atoms with Gasteiger partial charge in [0, 0.05) is 13.3 Å². The lowest BCUT2D eigenvalue weighted by Gasteiger charge is -2.09. The van der Waals surface area contributed by atoms with Crippen LogP contribution in [0.4, 0.5) is 0 Å². The SMILES string of the molecule is CCCCc1ccc(C(C)C(=O)OCOC(C)=O)o1. The Kier molecular flexibility index (Phi) is 6.12. The van der Waals surface area contributed by atoms with Gasteiger partial charge in [-0.1, -0.05) is 13.3 Å². The van der Waals surface area contributed by atoms with Crippen molar-refractivity contribution in [2.75, 3.05) is 6.79 Å². The molecule has 0 spiro atoms. The monoisotopic (exact) mass is 268 g/mol. The third kappa shape index (κ3) is 5.16. The average molecular weight is 268 g/mol. The maximum absolute atomic E-state index is 11.7. The number of hydrogen-bond acceptors (Lipinski definition) is 5. The lowest BCUT2D eigenvalue weighted by atomic mass is 10.1. The van der Waals surface area contributed by atoms with Crippen LogP contribution in [0, 0.1) is 0 Å². The van der Waals surface area contributed by atoms with Gasteiger partial charge in [-0.25, -0.2) is 0 Å². The van der Waals surface area contributed by atoms with E-state index in [0.29, 0.717) is 5.76 Å². The first kappa shape index (κ1) is 15.3. The van der Waals surface area contributed by atoms with Crippen molar-refractivity contribution in [3.63, 3.8) is 0 Å². The number of carbonyl (C=O) groups is 2. The van der Waals surface area contributed by atoms with Gasteiger partial charge in [-0.2, -0.15) is 0 Å². The minimum Gasteiger partial charge on any atom is -0.465 e. The maximum Gasteiger partial charge on any atom is 0.319 e. The van der Waals surface area contributed by atoms with E-state index < -0.39 is 17.9 Å². The molecule has 1 heterocycles. The van der Waals surface area contributed by atoms with E-state index in [1.807, 2.05) is 6.07 Å². The largest absolute Gasteiger partial charge is 0.465 e. The molecule has 0 fully saturated rings. The Morgan fingerprint density at radius 1 is 1.32 bits per heavy atom. The van der Waals surface area contributed by atoms with Crippen molar-refractivity contribution in [3.05, 3.63) is 23.7 Å². The van der Waals surface area contributed by atoms with Crippen LogP contribution in [0.2, 0.25) is 0 Å². The van der Waals surface area contributed by atoms with Crippen molar-refractivity contribution in [3.8, 4) is 0 Å². The predicted molar refractivity (Wildman–Crippen MR) is 68.5 cm³/mol. The Bertz CT molecular complexity index is 421. The summed E-state index contributed by atoms with van der Waals surface area (Å²) in [5, 5.41) is 0. The standard InChI is InChI=1S/C14H20O5/c1-4-5-6-12-7-8-13(19-12)10(2)14(16)18-9-17-11(3)15/h7-8,10H,4-6,9H2,1-3H3. The van der Waals surface area contributed by atoms with Crippen LogP contribution in [0.1, 0.15) is 51.1 Å². The highest BCUT2D eigenvalue weighted by molar-refractivity contribution is 5.77. The summed E-state index contributed by atoms with van der Waals surface area (Å²) in [6.07, 6.45) is 3.01. The molecule has 0 radical (unpaired) electrons. The van der Waals surface area contributed by atoms with E-state index in [1.165, 1.54) is 6.92 Å². The van der Waals surface area contributed by atoms with Crippen LogP contribution < -0.4 is 0 Å². The van der Waals surface area contributed by atoms with Crippen molar-refractivity contribution in [1.82, 2.24) is 0 Å². The summed E-state index contributed by atoms with van der Waals surface area (Å²) < 4.78 is 14.9. The van der Waals surface area contributed by atoms with E-state index in [4.69, 9.17) is 9.15 Å². The minimum absolute atomic E-state index is 0.359. The summed E-state index contributed by atoms with van der Waals surface area (Å²) in [6, 6.07) is 3.66. The molecule has 0 aliphatic rings. The van der Waals surface area contributed by atoms with Gasteiger partial charge in [0.1, 0.15) is 17.4 Å². The second kappa shape index (κ2) is 7.61. The Morgan fingerprint density at radius 2 is 2.05 bits per heavy atom. The van der Waals surface area contributed by atoms with Gasteiger partial charge < -0.3 is 13.9 Å². The van der Waals surface area contributed by atoms with E-state index in [2.05, 4.69) is 11.7 Å². The second-order valence-corrected chi connectivity index (χ2v) is 4.35. The zero-order valence-electron chi connectivity index (χ0n) is 11.6. The summed E-state index contributed by atoms with van der Waals surface area (Å²) in [5.74, 6) is -0.0284. The molecule has 0 saturated carbocycles. The number of hydrogen-bond donors (Lipinski definition) is 0. The number of esters is 2. The summed E-state index contributed by atoms with van der Waals surface area (Å²) in [5.41, 5.74) is 0. The zero-order valence-corrected chi connectivity index (χ0v) is 11.6. The smallest absolute Gasteiger partial charge is 0.319 e. The molecule has 0 aliphatic carbocycles. The number of furan rings is 1. The van der Waals surface area contributed by atoms with Crippen molar-refractivity contribution >= 4 is 11.9 Å². The van der Waals surface area contributed by atoms with Crippen molar-refractivity contribution < 1.29 is 23.5 Å². The maximum atomic E-state index is 11.7. The topological polar surface area (TPSA) is 65.7 Å². The molecule has 106 valence electrons. The highest BCUT2D eigenvalue weighted by atomic mass is 16.7. The Labute approximate surface area is 112 Å². The molecule has 0 amide bonds. The van der Waals surface area contributed by atoms with Crippen LogP contribution >= 0.6 is 0 Å². The lowest BCUT2D eigenvalue weighted by Crippen LogP contribution is -2.16. The molecule has 1 unspecified atom stereocenters. The first-order valence-corrected chi connectivity index (χ1v) is 6.43. The van der Waals surface area contributed by atoms with E-state index in [0.717, 1.165) is 25.0 Å². The molecule has 5 nitrogen and oxygen atoms in total. The van der Waals surface area contributed by atoms with Gasteiger partial charge in [0.05, 0.1) is 0 Å². The number of carbonyl (C=O) groups excluding carboxylic acids is 2. The fraction of sp³-hybridized carbons (Fsp3) is 0.571. The molecule has 1 rings (SSSR count). The molecular formula is C14H20O5. The Hall–Kier alpha value is -1.78. The summed E-state index contributed by atoms with van der Waals surface area (Å²) in [7, 11) is 0. The van der Waals surface area contributed by atoms with Gasteiger partial charge in [0.2, 0.25) is 6.79 Å². The van der Waals surface area contributed by atoms with Gasteiger partial charge in [-0.15, -0.1) is 0 Å². The fourth-order valence-electron chi connectivity index (χ4n) is 1.52. The van der Waals surface area contributed by atoms with Crippen LogP contribution in [-0.4, -0.2) is 18.7 Å². The average Bonchev–Trinajstić information content (AvgIpc) is 2.83. The van der Waals surface area contributed by atoms with Crippen LogP contribution in [0.5, 0.6) is 0 Å². The summed E-state index contributed by atoms with van der Waals surface area (Å²) in [6.45, 7) is 4.70. The highest BCUT2D eigenvalue weighted by Gasteiger charge is 2.20. The normalized spacial score (nSPS) is 11.9. The summed E-state index contributed by atoms with van der Waals surface area (Å²) in [4.78, 5) is 22.2. The quantitative estimate of drug-likeness (QED) is 0.562. The molecule has 0 saturated heterocycles. The van der Waals surface area contributed by atoms with Gasteiger partial charge in [-0.3, -0.25) is 9.59 Å². The van der Waals surface area contributed by atoms with Crippen LogP contribution in [0.3, 0.4) is 0 Å². The van der Waals surface area contributed by atoms with Gasteiger partial charge in [0.15, 0.2) is 0 Å². The molecule has 1 aromatic rings. The third-order valence-electron chi connectivity index (χ3n) is 2.70. The van der Waals surface area contributed by atoms with E-state index in [-0.39, 0.29) is 6.79 Å².